The monoisotopic (exact) mass is 214 g/mol. The molecule has 88 valence electrons. The highest BCUT2D eigenvalue weighted by Gasteiger charge is 2.20. The molecule has 3 heteroatoms. The molecule has 0 aliphatic heterocycles. The molecule has 0 N–H and O–H groups in total. The number of carbonyl (C=O) groups is 2. The Bertz CT molecular complexity index is 199. The molecule has 0 saturated carbocycles. The predicted octanol–water partition coefficient (Wildman–Crippen LogP) is 2.73. The Morgan fingerprint density at radius 2 is 1.87 bits per heavy atom. The molecule has 0 heterocycles. The number of Topliss-reactive ketones (excluding diaryl/α,β-unsaturated/α-hetero) is 1. The molecule has 0 bridgehead atoms. The van der Waals surface area contributed by atoms with Crippen molar-refractivity contribution in [1.82, 2.24) is 0 Å². The minimum atomic E-state index is -0.232. The van der Waals surface area contributed by atoms with Gasteiger partial charge in [-0.2, -0.15) is 0 Å². The Hall–Kier alpha value is -0.860. The van der Waals surface area contributed by atoms with Gasteiger partial charge in [0.05, 0.1) is 12.5 Å². The van der Waals surface area contributed by atoms with Gasteiger partial charge in [0, 0.05) is 6.42 Å². The van der Waals surface area contributed by atoms with E-state index in [1.165, 1.54) is 6.92 Å². The summed E-state index contributed by atoms with van der Waals surface area (Å²) in [5, 5.41) is 0. The van der Waals surface area contributed by atoms with Crippen molar-refractivity contribution in [1.29, 1.82) is 0 Å². The van der Waals surface area contributed by atoms with Crippen LogP contribution in [0, 0.1) is 5.92 Å². The van der Waals surface area contributed by atoms with Crippen LogP contribution < -0.4 is 0 Å². The Kier molecular flexibility index (Phi) is 7.96. The fourth-order valence-corrected chi connectivity index (χ4v) is 1.43. The van der Waals surface area contributed by atoms with Gasteiger partial charge in [0.2, 0.25) is 0 Å². The summed E-state index contributed by atoms with van der Waals surface area (Å²) >= 11 is 0. The van der Waals surface area contributed by atoms with Gasteiger partial charge in [-0.15, -0.1) is 0 Å². The minimum Gasteiger partial charge on any atom is -0.465 e. The van der Waals surface area contributed by atoms with Gasteiger partial charge in [0.1, 0.15) is 5.78 Å². The molecule has 0 aliphatic carbocycles. The number of carbonyl (C=O) groups excluding carboxylic acids is 2. The van der Waals surface area contributed by atoms with Crippen LogP contribution in [0.15, 0.2) is 0 Å². The summed E-state index contributed by atoms with van der Waals surface area (Å²) < 4.78 is 5.11. The van der Waals surface area contributed by atoms with E-state index >= 15 is 0 Å². The zero-order chi connectivity index (χ0) is 11.7. The van der Waals surface area contributed by atoms with E-state index in [1.807, 2.05) is 13.8 Å². The van der Waals surface area contributed by atoms with Crippen molar-refractivity contribution in [3.8, 4) is 0 Å². The van der Waals surface area contributed by atoms with E-state index in [0.29, 0.717) is 13.0 Å². The number of rotatable bonds is 8. The van der Waals surface area contributed by atoms with Gasteiger partial charge < -0.3 is 9.53 Å². The second-order valence-corrected chi connectivity index (χ2v) is 3.91. The first-order valence-electron chi connectivity index (χ1n) is 5.77. The van der Waals surface area contributed by atoms with Gasteiger partial charge in [-0.1, -0.05) is 26.7 Å². The first-order valence-corrected chi connectivity index (χ1v) is 5.77. The lowest BCUT2D eigenvalue weighted by Gasteiger charge is -2.13. The second-order valence-electron chi connectivity index (χ2n) is 3.91. The number of unbranched alkanes of at least 4 members (excludes halogenated alkanes) is 1. The molecule has 15 heavy (non-hydrogen) atoms. The molecule has 3 nitrogen and oxygen atoms in total. The SMILES string of the molecule is CCCCOC(=O)C(CCC)CC(C)=O. The molecule has 0 aromatic heterocycles. The van der Waals surface area contributed by atoms with E-state index in [0.717, 1.165) is 25.7 Å². The molecule has 0 spiro atoms. The van der Waals surface area contributed by atoms with Gasteiger partial charge in [-0.3, -0.25) is 4.79 Å². The Balaban J connectivity index is 3.98. The molecule has 0 radical (unpaired) electrons. The van der Waals surface area contributed by atoms with Gasteiger partial charge >= 0.3 is 5.97 Å². The third-order valence-electron chi connectivity index (χ3n) is 2.25. The lowest BCUT2D eigenvalue weighted by atomic mass is 9.98. The predicted molar refractivity (Wildman–Crippen MR) is 59.6 cm³/mol. The molecular weight excluding hydrogens is 192 g/mol. The van der Waals surface area contributed by atoms with E-state index in [-0.39, 0.29) is 17.7 Å². The van der Waals surface area contributed by atoms with E-state index < -0.39 is 0 Å². The zero-order valence-electron chi connectivity index (χ0n) is 10.0. The molecule has 1 atom stereocenters. The summed E-state index contributed by atoms with van der Waals surface area (Å²) in [7, 11) is 0. The molecular formula is C12H22O3. The van der Waals surface area contributed by atoms with E-state index in [2.05, 4.69) is 0 Å². The van der Waals surface area contributed by atoms with Crippen LogP contribution >= 0.6 is 0 Å². The van der Waals surface area contributed by atoms with Crippen LogP contribution in [0.1, 0.15) is 52.9 Å². The summed E-state index contributed by atoms with van der Waals surface area (Å²) in [4.78, 5) is 22.5. The lowest BCUT2D eigenvalue weighted by Crippen LogP contribution is -2.20. The summed E-state index contributed by atoms with van der Waals surface area (Å²) in [6.07, 6.45) is 3.87. The topological polar surface area (TPSA) is 43.4 Å². The highest BCUT2D eigenvalue weighted by atomic mass is 16.5. The highest BCUT2D eigenvalue weighted by Crippen LogP contribution is 2.14. The summed E-state index contributed by atoms with van der Waals surface area (Å²) in [5.41, 5.74) is 0. The van der Waals surface area contributed by atoms with Crippen LogP contribution in [0.4, 0.5) is 0 Å². The van der Waals surface area contributed by atoms with Crippen molar-refractivity contribution >= 4 is 11.8 Å². The third kappa shape index (κ3) is 7.11. The van der Waals surface area contributed by atoms with Crippen LogP contribution in [0.5, 0.6) is 0 Å². The van der Waals surface area contributed by atoms with Crippen molar-refractivity contribution in [2.24, 2.45) is 5.92 Å². The van der Waals surface area contributed by atoms with E-state index in [1.54, 1.807) is 0 Å². The van der Waals surface area contributed by atoms with Crippen LogP contribution in [0.3, 0.4) is 0 Å². The van der Waals surface area contributed by atoms with E-state index in [4.69, 9.17) is 4.74 Å². The van der Waals surface area contributed by atoms with Crippen molar-refractivity contribution in [3.05, 3.63) is 0 Å². The summed E-state index contributed by atoms with van der Waals surface area (Å²) in [6.45, 7) is 6.05. The fourth-order valence-electron chi connectivity index (χ4n) is 1.43. The molecule has 0 aromatic carbocycles. The maximum Gasteiger partial charge on any atom is 0.309 e. The van der Waals surface area contributed by atoms with Crippen LogP contribution in [-0.4, -0.2) is 18.4 Å². The van der Waals surface area contributed by atoms with Crippen LogP contribution in [0.25, 0.3) is 0 Å². The Morgan fingerprint density at radius 1 is 1.20 bits per heavy atom. The van der Waals surface area contributed by atoms with Gasteiger partial charge in [0.15, 0.2) is 0 Å². The van der Waals surface area contributed by atoms with Crippen molar-refractivity contribution in [2.45, 2.75) is 52.9 Å². The number of hydrogen-bond donors (Lipinski definition) is 0. The average Bonchev–Trinajstić information content (AvgIpc) is 2.17. The maximum atomic E-state index is 11.6. The normalized spacial score (nSPS) is 12.2. The standard InChI is InChI=1S/C12H22O3/c1-4-6-8-15-12(14)11(7-5-2)9-10(3)13/h11H,4-9H2,1-3H3. The molecule has 0 rings (SSSR count). The number of hydrogen-bond acceptors (Lipinski definition) is 3. The smallest absolute Gasteiger partial charge is 0.309 e. The van der Waals surface area contributed by atoms with Gasteiger partial charge in [-0.05, 0) is 19.8 Å². The van der Waals surface area contributed by atoms with Crippen LogP contribution in [0.2, 0.25) is 0 Å². The number of ketones is 1. The molecule has 0 aromatic rings. The maximum absolute atomic E-state index is 11.6. The molecule has 0 amide bonds. The third-order valence-corrected chi connectivity index (χ3v) is 2.25. The second kappa shape index (κ2) is 8.45. The largest absolute Gasteiger partial charge is 0.465 e. The Labute approximate surface area is 92.2 Å². The molecule has 1 unspecified atom stereocenters. The minimum absolute atomic E-state index is 0.0564. The van der Waals surface area contributed by atoms with Gasteiger partial charge in [-0.25, -0.2) is 0 Å². The molecule has 0 saturated heterocycles. The van der Waals surface area contributed by atoms with E-state index in [9.17, 15) is 9.59 Å². The van der Waals surface area contributed by atoms with Crippen LogP contribution in [-0.2, 0) is 14.3 Å². The summed E-state index contributed by atoms with van der Waals surface area (Å²) in [5.74, 6) is -0.384. The number of esters is 1. The first kappa shape index (κ1) is 14.1. The Morgan fingerprint density at radius 3 is 2.33 bits per heavy atom. The number of ether oxygens (including phenoxy) is 1. The first-order chi connectivity index (χ1) is 7.11. The molecule has 0 fully saturated rings. The van der Waals surface area contributed by atoms with Crippen molar-refractivity contribution < 1.29 is 14.3 Å². The zero-order valence-corrected chi connectivity index (χ0v) is 10.0. The van der Waals surface area contributed by atoms with Crippen molar-refractivity contribution in [2.75, 3.05) is 6.61 Å². The molecule has 0 aliphatic rings. The van der Waals surface area contributed by atoms with Gasteiger partial charge in [0.25, 0.3) is 0 Å². The lowest BCUT2D eigenvalue weighted by molar-refractivity contribution is -0.150. The highest BCUT2D eigenvalue weighted by molar-refractivity contribution is 5.82. The van der Waals surface area contributed by atoms with Crippen molar-refractivity contribution in [3.63, 3.8) is 0 Å². The quantitative estimate of drug-likeness (QED) is 0.461. The fraction of sp³-hybridized carbons (Fsp3) is 0.833. The average molecular weight is 214 g/mol. The summed E-state index contributed by atoms with van der Waals surface area (Å²) in [6, 6.07) is 0.